The largest absolute Gasteiger partial charge is 0.457 e. The standard InChI is InChI=1S/C16H13F4NO2S/c1-21-24-13-3-2-12(11-7-16(19,20)15(22)14(11)13)23-10-5-8(17)4-9(18)6-10/h2-6,15,21-22H,7H2,1H3. The van der Waals surface area contributed by atoms with Gasteiger partial charge in [-0.25, -0.2) is 17.6 Å². The molecule has 24 heavy (non-hydrogen) atoms. The van der Waals surface area contributed by atoms with Crippen LogP contribution in [-0.2, 0) is 6.42 Å². The SMILES string of the molecule is CNSc1ccc(Oc2cc(F)cc(F)c2)c2c1C(O)C(F)(F)C2. The average molecular weight is 359 g/mol. The van der Waals surface area contributed by atoms with Gasteiger partial charge in [0.1, 0.15) is 29.2 Å². The molecule has 128 valence electrons. The summed E-state index contributed by atoms with van der Waals surface area (Å²) in [6.07, 6.45) is -2.68. The van der Waals surface area contributed by atoms with E-state index in [-0.39, 0.29) is 22.6 Å². The molecule has 0 bridgehead atoms. The Balaban J connectivity index is 2.04. The third kappa shape index (κ3) is 3.09. The second kappa shape index (κ2) is 6.27. The lowest BCUT2D eigenvalue weighted by atomic mass is 10.1. The summed E-state index contributed by atoms with van der Waals surface area (Å²) in [5.74, 6) is -5.12. The highest BCUT2D eigenvalue weighted by molar-refractivity contribution is 7.97. The molecule has 2 aromatic carbocycles. The normalized spacial score (nSPS) is 18.5. The first kappa shape index (κ1) is 17.1. The second-order valence-corrected chi connectivity index (χ2v) is 6.36. The number of rotatable bonds is 4. The van der Waals surface area contributed by atoms with E-state index in [0.717, 1.165) is 24.1 Å². The Labute approximate surface area is 139 Å². The number of hydrogen-bond acceptors (Lipinski definition) is 4. The van der Waals surface area contributed by atoms with Gasteiger partial charge in [-0.05, 0) is 31.1 Å². The summed E-state index contributed by atoms with van der Waals surface area (Å²) in [7, 11) is 1.62. The van der Waals surface area contributed by atoms with Gasteiger partial charge in [0, 0.05) is 40.6 Å². The van der Waals surface area contributed by atoms with Crippen LogP contribution in [0, 0.1) is 11.6 Å². The van der Waals surface area contributed by atoms with Gasteiger partial charge in [-0.1, -0.05) is 0 Å². The molecule has 0 aromatic heterocycles. The van der Waals surface area contributed by atoms with E-state index in [0.29, 0.717) is 11.0 Å². The van der Waals surface area contributed by atoms with Crippen molar-refractivity contribution < 1.29 is 27.4 Å². The van der Waals surface area contributed by atoms with Gasteiger partial charge in [-0.3, -0.25) is 4.72 Å². The minimum Gasteiger partial charge on any atom is -0.457 e. The maximum absolute atomic E-state index is 13.9. The molecule has 1 aliphatic rings. The fourth-order valence-electron chi connectivity index (χ4n) is 2.66. The minimum absolute atomic E-state index is 0.0340. The number of nitrogens with one attached hydrogen (secondary N) is 1. The lowest BCUT2D eigenvalue weighted by Gasteiger charge is -2.16. The Morgan fingerprint density at radius 1 is 1.21 bits per heavy atom. The van der Waals surface area contributed by atoms with Crippen LogP contribution in [0.4, 0.5) is 17.6 Å². The zero-order chi connectivity index (χ0) is 17.5. The molecule has 2 N–H and O–H groups in total. The van der Waals surface area contributed by atoms with E-state index in [4.69, 9.17) is 4.74 Å². The number of fused-ring (bicyclic) bond motifs is 1. The second-order valence-electron chi connectivity index (χ2n) is 5.31. The molecule has 0 heterocycles. The van der Waals surface area contributed by atoms with Crippen LogP contribution in [-0.4, -0.2) is 18.1 Å². The van der Waals surface area contributed by atoms with Gasteiger partial charge in [0.25, 0.3) is 5.92 Å². The predicted octanol–water partition coefficient (Wildman–Crippen LogP) is 4.21. The third-order valence-corrected chi connectivity index (χ3v) is 4.42. The van der Waals surface area contributed by atoms with Crippen LogP contribution in [0.5, 0.6) is 11.5 Å². The highest BCUT2D eigenvalue weighted by atomic mass is 32.2. The van der Waals surface area contributed by atoms with Crippen molar-refractivity contribution in [2.45, 2.75) is 23.3 Å². The van der Waals surface area contributed by atoms with Crippen LogP contribution in [0.25, 0.3) is 0 Å². The van der Waals surface area contributed by atoms with Gasteiger partial charge in [0.15, 0.2) is 0 Å². The molecule has 0 amide bonds. The van der Waals surface area contributed by atoms with E-state index in [9.17, 15) is 22.7 Å². The molecule has 0 fully saturated rings. The molecule has 2 aromatic rings. The smallest absolute Gasteiger partial charge is 0.281 e. The predicted molar refractivity (Wildman–Crippen MR) is 81.4 cm³/mol. The van der Waals surface area contributed by atoms with Crippen molar-refractivity contribution in [1.29, 1.82) is 0 Å². The molecule has 1 unspecified atom stereocenters. The molecule has 0 aliphatic heterocycles. The number of halogens is 4. The molecular weight excluding hydrogens is 346 g/mol. The zero-order valence-corrected chi connectivity index (χ0v) is 13.3. The van der Waals surface area contributed by atoms with Crippen molar-refractivity contribution in [2.75, 3.05) is 7.05 Å². The molecule has 0 saturated carbocycles. The summed E-state index contributed by atoms with van der Waals surface area (Å²) in [5.41, 5.74) is 0.186. The van der Waals surface area contributed by atoms with Crippen molar-refractivity contribution in [3.05, 3.63) is 53.1 Å². The highest BCUT2D eigenvalue weighted by Crippen LogP contribution is 2.50. The molecular formula is C16H13F4NO2S. The molecule has 0 radical (unpaired) electrons. The average Bonchev–Trinajstić information content (AvgIpc) is 2.72. The van der Waals surface area contributed by atoms with Gasteiger partial charge in [0.2, 0.25) is 0 Å². The van der Waals surface area contributed by atoms with E-state index < -0.39 is 30.1 Å². The molecule has 1 aliphatic carbocycles. The maximum Gasteiger partial charge on any atom is 0.281 e. The van der Waals surface area contributed by atoms with Crippen molar-refractivity contribution in [2.24, 2.45) is 0 Å². The van der Waals surface area contributed by atoms with Crippen LogP contribution in [0.3, 0.4) is 0 Å². The van der Waals surface area contributed by atoms with Crippen molar-refractivity contribution in [3.63, 3.8) is 0 Å². The van der Waals surface area contributed by atoms with Crippen LogP contribution in [0.2, 0.25) is 0 Å². The summed E-state index contributed by atoms with van der Waals surface area (Å²) in [4.78, 5) is 0.440. The fourth-order valence-corrected chi connectivity index (χ4v) is 3.36. The number of hydrogen-bond donors (Lipinski definition) is 2. The number of alkyl halides is 2. The Kier molecular flexibility index (Phi) is 4.46. The monoisotopic (exact) mass is 359 g/mol. The summed E-state index contributed by atoms with van der Waals surface area (Å²) in [5, 5.41) is 9.93. The molecule has 8 heteroatoms. The van der Waals surface area contributed by atoms with E-state index in [2.05, 4.69) is 4.72 Å². The maximum atomic E-state index is 13.9. The highest BCUT2D eigenvalue weighted by Gasteiger charge is 2.49. The van der Waals surface area contributed by atoms with Crippen molar-refractivity contribution >= 4 is 11.9 Å². The molecule has 0 saturated heterocycles. The van der Waals surface area contributed by atoms with Crippen molar-refractivity contribution in [3.8, 4) is 11.5 Å². The summed E-state index contributed by atoms with van der Waals surface area (Å²) in [6.45, 7) is 0. The van der Waals surface area contributed by atoms with E-state index in [1.807, 2.05) is 0 Å². The van der Waals surface area contributed by atoms with Gasteiger partial charge in [0.05, 0.1) is 0 Å². The first-order valence-electron chi connectivity index (χ1n) is 7.01. The topological polar surface area (TPSA) is 41.5 Å². The summed E-state index contributed by atoms with van der Waals surface area (Å²) < 4.78 is 62.6. The van der Waals surface area contributed by atoms with E-state index in [1.165, 1.54) is 12.1 Å². The van der Waals surface area contributed by atoms with Crippen LogP contribution >= 0.6 is 11.9 Å². The third-order valence-electron chi connectivity index (χ3n) is 3.64. The Hall–Kier alpha value is -1.77. The van der Waals surface area contributed by atoms with E-state index >= 15 is 0 Å². The van der Waals surface area contributed by atoms with E-state index in [1.54, 1.807) is 7.05 Å². The van der Waals surface area contributed by atoms with Gasteiger partial charge < -0.3 is 9.84 Å². The number of aliphatic hydroxyl groups excluding tert-OH is 1. The van der Waals surface area contributed by atoms with Gasteiger partial charge in [-0.15, -0.1) is 0 Å². The van der Waals surface area contributed by atoms with Crippen LogP contribution < -0.4 is 9.46 Å². The van der Waals surface area contributed by atoms with Gasteiger partial charge >= 0.3 is 0 Å². The number of aliphatic hydroxyl groups is 1. The lowest BCUT2D eigenvalue weighted by Crippen LogP contribution is -2.21. The van der Waals surface area contributed by atoms with Crippen LogP contribution in [0.1, 0.15) is 17.2 Å². The lowest BCUT2D eigenvalue weighted by molar-refractivity contribution is -0.0976. The summed E-state index contributed by atoms with van der Waals surface area (Å²) in [6, 6.07) is 5.54. The Bertz CT molecular complexity index is 765. The number of benzene rings is 2. The van der Waals surface area contributed by atoms with Gasteiger partial charge in [-0.2, -0.15) is 0 Å². The molecule has 3 nitrogen and oxygen atoms in total. The summed E-state index contributed by atoms with van der Waals surface area (Å²) >= 11 is 1.09. The molecule has 1 atom stereocenters. The molecule has 0 spiro atoms. The zero-order valence-electron chi connectivity index (χ0n) is 12.4. The first-order valence-corrected chi connectivity index (χ1v) is 7.82. The Morgan fingerprint density at radius 3 is 2.50 bits per heavy atom. The first-order chi connectivity index (χ1) is 11.3. The molecule has 3 rings (SSSR count). The fraction of sp³-hybridized carbons (Fsp3) is 0.250. The van der Waals surface area contributed by atoms with Crippen LogP contribution in [0.15, 0.2) is 35.2 Å². The number of ether oxygens (including phenoxy) is 1. The minimum atomic E-state index is -3.34. The quantitative estimate of drug-likeness (QED) is 0.634. The Morgan fingerprint density at radius 2 is 1.88 bits per heavy atom. The van der Waals surface area contributed by atoms with Crippen molar-refractivity contribution in [1.82, 2.24) is 4.72 Å².